The van der Waals surface area contributed by atoms with E-state index in [2.05, 4.69) is 15.9 Å². The molecule has 0 amide bonds. The molecule has 0 aromatic heterocycles. The predicted molar refractivity (Wildman–Crippen MR) is 49.3 cm³/mol. The van der Waals surface area contributed by atoms with E-state index in [9.17, 15) is 18.0 Å². The molecule has 0 spiro atoms. The van der Waals surface area contributed by atoms with Crippen molar-refractivity contribution in [2.45, 2.75) is 13.1 Å². The van der Waals surface area contributed by atoms with Crippen LogP contribution in [0.2, 0.25) is 0 Å². The van der Waals surface area contributed by atoms with Crippen LogP contribution in [0.5, 0.6) is 0 Å². The molecule has 14 heavy (non-hydrogen) atoms. The molecule has 0 heterocycles. The molecule has 0 N–H and O–H groups in total. The van der Waals surface area contributed by atoms with E-state index in [1.54, 1.807) is 0 Å². The third kappa shape index (κ3) is 2.15. The molecule has 1 nitrogen and oxygen atoms in total. The molecule has 0 saturated carbocycles. The normalized spacial score (nSPS) is 11.5. The van der Waals surface area contributed by atoms with Gasteiger partial charge in [0.05, 0.1) is 5.56 Å². The summed E-state index contributed by atoms with van der Waals surface area (Å²) in [7, 11) is 0. The Labute approximate surface area is 87.1 Å². The minimum Gasteiger partial charge on any atom is -0.298 e. The second kappa shape index (κ2) is 3.73. The number of carbonyl (C=O) groups is 1. The lowest BCUT2D eigenvalue weighted by atomic mass is 10.1. The molecule has 0 aliphatic heterocycles. The highest BCUT2D eigenvalue weighted by atomic mass is 79.9. The van der Waals surface area contributed by atoms with Crippen molar-refractivity contribution in [1.29, 1.82) is 0 Å². The molecule has 0 atom stereocenters. The van der Waals surface area contributed by atoms with Gasteiger partial charge >= 0.3 is 6.18 Å². The summed E-state index contributed by atoms with van der Waals surface area (Å²) in [6.07, 6.45) is -4.28. The summed E-state index contributed by atoms with van der Waals surface area (Å²) in [5.74, 6) is 0. The molecule has 1 aromatic rings. The molecule has 1 aromatic carbocycles. The number of hydrogen-bond donors (Lipinski definition) is 0. The second-order valence-corrected chi connectivity index (χ2v) is 3.66. The monoisotopic (exact) mass is 266 g/mol. The van der Waals surface area contributed by atoms with E-state index in [4.69, 9.17) is 0 Å². The van der Waals surface area contributed by atoms with Crippen LogP contribution in [0.1, 0.15) is 21.5 Å². The number of benzene rings is 1. The van der Waals surface area contributed by atoms with Crippen molar-refractivity contribution in [3.63, 3.8) is 0 Å². The van der Waals surface area contributed by atoms with Crippen molar-refractivity contribution < 1.29 is 18.0 Å². The van der Waals surface area contributed by atoms with Crippen molar-refractivity contribution in [2.75, 3.05) is 0 Å². The van der Waals surface area contributed by atoms with Crippen LogP contribution >= 0.6 is 15.9 Å². The van der Waals surface area contributed by atoms with Gasteiger partial charge in [0.2, 0.25) is 0 Å². The van der Waals surface area contributed by atoms with Gasteiger partial charge in [-0.25, -0.2) is 0 Å². The Bertz CT molecular complexity index is 371. The Balaban J connectivity index is 3.42. The highest BCUT2D eigenvalue weighted by molar-refractivity contribution is 9.10. The zero-order valence-corrected chi connectivity index (χ0v) is 8.74. The minimum atomic E-state index is -4.48. The van der Waals surface area contributed by atoms with Gasteiger partial charge in [0.15, 0.2) is 6.29 Å². The Morgan fingerprint density at radius 1 is 1.36 bits per heavy atom. The maximum Gasteiger partial charge on any atom is 0.417 e. The molecule has 0 saturated heterocycles. The first kappa shape index (κ1) is 11.2. The number of aryl methyl sites for hydroxylation is 1. The molecule has 5 heteroatoms. The minimum absolute atomic E-state index is 0.201. The van der Waals surface area contributed by atoms with E-state index in [0.717, 1.165) is 6.07 Å². The van der Waals surface area contributed by atoms with Crippen LogP contribution in [0, 0.1) is 6.92 Å². The van der Waals surface area contributed by atoms with Crippen LogP contribution in [0.4, 0.5) is 13.2 Å². The Kier molecular flexibility index (Phi) is 2.99. The van der Waals surface area contributed by atoms with E-state index >= 15 is 0 Å². The molecule has 0 aliphatic carbocycles. The lowest BCUT2D eigenvalue weighted by Crippen LogP contribution is -2.09. The van der Waals surface area contributed by atoms with E-state index in [-0.39, 0.29) is 11.8 Å². The van der Waals surface area contributed by atoms with Gasteiger partial charge in [0.1, 0.15) is 0 Å². The highest BCUT2D eigenvalue weighted by Crippen LogP contribution is 2.34. The van der Waals surface area contributed by atoms with Gasteiger partial charge in [-0.15, -0.1) is 0 Å². The Morgan fingerprint density at radius 3 is 2.36 bits per heavy atom. The zero-order chi connectivity index (χ0) is 10.9. The fourth-order valence-corrected chi connectivity index (χ4v) is 1.40. The van der Waals surface area contributed by atoms with E-state index < -0.39 is 11.7 Å². The molecular weight excluding hydrogens is 261 g/mol. The van der Waals surface area contributed by atoms with Crippen LogP contribution in [-0.2, 0) is 6.18 Å². The first-order valence-electron chi connectivity index (χ1n) is 3.69. The predicted octanol–water partition coefficient (Wildman–Crippen LogP) is 3.59. The topological polar surface area (TPSA) is 17.1 Å². The number of halogens is 4. The molecule has 0 aliphatic rings. The quantitative estimate of drug-likeness (QED) is 0.710. The van der Waals surface area contributed by atoms with Crippen molar-refractivity contribution in [3.8, 4) is 0 Å². The SMILES string of the molecule is Cc1cc(C(F)(F)F)c(C=O)cc1Br. The van der Waals surface area contributed by atoms with Gasteiger partial charge < -0.3 is 0 Å². The van der Waals surface area contributed by atoms with Crippen LogP contribution in [0.15, 0.2) is 16.6 Å². The van der Waals surface area contributed by atoms with Crippen LogP contribution in [0.3, 0.4) is 0 Å². The largest absolute Gasteiger partial charge is 0.417 e. The summed E-state index contributed by atoms with van der Waals surface area (Å²) in [5, 5.41) is 0. The molecular formula is C9H6BrF3O. The molecule has 0 radical (unpaired) electrons. The van der Waals surface area contributed by atoms with Crippen molar-refractivity contribution in [2.24, 2.45) is 0 Å². The number of hydrogen-bond acceptors (Lipinski definition) is 1. The highest BCUT2D eigenvalue weighted by Gasteiger charge is 2.33. The lowest BCUT2D eigenvalue weighted by Gasteiger charge is -2.11. The summed E-state index contributed by atoms with van der Waals surface area (Å²) in [5.41, 5.74) is -0.800. The summed E-state index contributed by atoms with van der Waals surface area (Å²) in [4.78, 5) is 10.4. The average Bonchev–Trinajstić information content (AvgIpc) is 2.07. The zero-order valence-electron chi connectivity index (χ0n) is 7.15. The molecule has 0 bridgehead atoms. The summed E-state index contributed by atoms with van der Waals surface area (Å²) < 4.78 is 37.6. The first-order chi connectivity index (χ1) is 6.36. The van der Waals surface area contributed by atoms with E-state index in [1.807, 2.05) is 0 Å². The van der Waals surface area contributed by atoms with Gasteiger partial charge in [-0.3, -0.25) is 4.79 Å². The fourth-order valence-electron chi connectivity index (χ4n) is 1.04. The van der Waals surface area contributed by atoms with Gasteiger partial charge in [0, 0.05) is 10.0 Å². The average molecular weight is 267 g/mol. The van der Waals surface area contributed by atoms with E-state index in [0.29, 0.717) is 10.0 Å². The van der Waals surface area contributed by atoms with Crippen LogP contribution in [0.25, 0.3) is 0 Å². The maximum absolute atomic E-state index is 12.4. The van der Waals surface area contributed by atoms with Crippen molar-refractivity contribution in [1.82, 2.24) is 0 Å². The fraction of sp³-hybridized carbons (Fsp3) is 0.222. The Hall–Kier alpha value is -0.840. The number of rotatable bonds is 1. The van der Waals surface area contributed by atoms with Crippen molar-refractivity contribution in [3.05, 3.63) is 33.3 Å². The van der Waals surface area contributed by atoms with Gasteiger partial charge in [-0.1, -0.05) is 15.9 Å². The third-order valence-electron chi connectivity index (χ3n) is 1.76. The number of alkyl halides is 3. The van der Waals surface area contributed by atoms with Crippen molar-refractivity contribution >= 4 is 22.2 Å². The standard InChI is InChI=1S/C9H6BrF3O/c1-5-2-7(9(11,12)13)6(4-14)3-8(5)10/h2-4H,1H3. The summed E-state index contributed by atoms with van der Waals surface area (Å²) in [6, 6.07) is 2.12. The van der Waals surface area contributed by atoms with Crippen LogP contribution < -0.4 is 0 Å². The first-order valence-corrected chi connectivity index (χ1v) is 4.48. The maximum atomic E-state index is 12.4. The third-order valence-corrected chi connectivity index (χ3v) is 2.62. The van der Waals surface area contributed by atoms with Gasteiger partial charge in [-0.2, -0.15) is 13.2 Å². The van der Waals surface area contributed by atoms with Gasteiger partial charge in [-0.05, 0) is 24.6 Å². The second-order valence-electron chi connectivity index (χ2n) is 2.80. The smallest absolute Gasteiger partial charge is 0.298 e. The molecule has 76 valence electrons. The Morgan fingerprint density at radius 2 is 1.93 bits per heavy atom. The summed E-state index contributed by atoms with van der Waals surface area (Å²) >= 11 is 3.06. The van der Waals surface area contributed by atoms with E-state index in [1.165, 1.54) is 13.0 Å². The number of aldehydes is 1. The molecule has 0 fully saturated rings. The summed E-state index contributed by atoms with van der Waals surface area (Å²) in [6.45, 7) is 1.54. The lowest BCUT2D eigenvalue weighted by molar-refractivity contribution is -0.137. The van der Waals surface area contributed by atoms with Crippen LogP contribution in [-0.4, -0.2) is 6.29 Å². The molecule has 1 rings (SSSR count). The number of carbonyl (C=O) groups excluding carboxylic acids is 1. The molecule has 0 unspecified atom stereocenters. The van der Waals surface area contributed by atoms with Gasteiger partial charge in [0.25, 0.3) is 0 Å².